The highest BCUT2D eigenvalue weighted by Crippen LogP contribution is 2.18. The van der Waals surface area contributed by atoms with Crippen molar-refractivity contribution in [1.82, 2.24) is 5.32 Å². The molecule has 2 aromatic carbocycles. The molecule has 0 spiro atoms. The first-order chi connectivity index (χ1) is 10.8. The Morgan fingerprint density at radius 2 is 1.91 bits per heavy atom. The number of anilines is 1. The van der Waals surface area contributed by atoms with Crippen LogP contribution in [0, 0.1) is 0 Å². The minimum atomic E-state index is -0.0611. The summed E-state index contributed by atoms with van der Waals surface area (Å²) >= 11 is 0. The third kappa shape index (κ3) is 3.86. The number of carbonyl (C=O) groups excluding carboxylic acids is 1. The summed E-state index contributed by atoms with van der Waals surface area (Å²) in [5, 5.41) is 6.12. The van der Waals surface area contributed by atoms with Gasteiger partial charge in [0.15, 0.2) is 0 Å². The third-order valence-electron chi connectivity index (χ3n) is 3.75. The quantitative estimate of drug-likeness (QED) is 0.892. The fourth-order valence-corrected chi connectivity index (χ4v) is 2.51. The van der Waals surface area contributed by atoms with Crippen molar-refractivity contribution < 1.29 is 9.53 Å². The van der Waals surface area contributed by atoms with Gasteiger partial charge in [0, 0.05) is 5.69 Å². The van der Waals surface area contributed by atoms with Gasteiger partial charge in [-0.3, -0.25) is 4.79 Å². The maximum Gasteiger partial charge on any atom is 0.241 e. The van der Waals surface area contributed by atoms with Gasteiger partial charge in [-0.15, -0.1) is 0 Å². The van der Waals surface area contributed by atoms with Crippen LogP contribution in [0.2, 0.25) is 0 Å². The van der Waals surface area contributed by atoms with Gasteiger partial charge < -0.3 is 15.4 Å². The molecule has 0 bridgehead atoms. The minimum absolute atomic E-state index is 0.0375. The molecule has 1 atom stereocenters. The molecule has 1 heterocycles. The molecule has 1 saturated heterocycles. The lowest BCUT2D eigenvalue weighted by atomic mass is 10.2. The number of rotatable bonds is 5. The standard InChI is InChI=1S/C18H20N2O2/c21-18(17-7-4-12-19-17)20-15-8-10-16(11-9-15)22-13-14-5-2-1-3-6-14/h1-3,5-6,8-11,17,19H,4,7,12-13H2,(H,20,21)/t17-/m0/s1. The van der Waals surface area contributed by atoms with Gasteiger partial charge in [0.1, 0.15) is 12.4 Å². The average molecular weight is 296 g/mol. The normalized spacial score (nSPS) is 17.2. The highest BCUT2D eigenvalue weighted by Gasteiger charge is 2.21. The number of carbonyl (C=O) groups is 1. The summed E-state index contributed by atoms with van der Waals surface area (Å²) in [6.45, 7) is 1.46. The number of hydrogen-bond donors (Lipinski definition) is 2. The van der Waals surface area contributed by atoms with Crippen LogP contribution in [0.1, 0.15) is 18.4 Å². The van der Waals surface area contributed by atoms with Crippen LogP contribution in [0.3, 0.4) is 0 Å². The van der Waals surface area contributed by atoms with Crippen molar-refractivity contribution >= 4 is 11.6 Å². The number of benzene rings is 2. The highest BCUT2D eigenvalue weighted by molar-refractivity contribution is 5.95. The van der Waals surface area contributed by atoms with Gasteiger partial charge in [-0.2, -0.15) is 0 Å². The zero-order chi connectivity index (χ0) is 15.2. The van der Waals surface area contributed by atoms with Crippen molar-refractivity contribution in [3.05, 3.63) is 60.2 Å². The molecule has 0 saturated carbocycles. The second-order valence-corrected chi connectivity index (χ2v) is 5.44. The minimum Gasteiger partial charge on any atom is -0.489 e. The summed E-state index contributed by atoms with van der Waals surface area (Å²) in [6, 6.07) is 17.5. The summed E-state index contributed by atoms with van der Waals surface area (Å²) in [5.74, 6) is 0.830. The first-order valence-corrected chi connectivity index (χ1v) is 7.62. The molecule has 0 unspecified atom stereocenters. The van der Waals surface area contributed by atoms with Crippen molar-refractivity contribution in [2.45, 2.75) is 25.5 Å². The number of hydrogen-bond acceptors (Lipinski definition) is 3. The predicted octanol–water partition coefficient (Wildman–Crippen LogP) is 2.96. The fourth-order valence-electron chi connectivity index (χ4n) is 2.51. The topological polar surface area (TPSA) is 50.4 Å². The van der Waals surface area contributed by atoms with E-state index in [-0.39, 0.29) is 11.9 Å². The molecule has 1 aliphatic rings. The van der Waals surface area contributed by atoms with Crippen LogP contribution in [0.25, 0.3) is 0 Å². The van der Waals surface area contributed by atoms with Gasteiger partial charge >= 0.3 is 0 Å². The second kappa shape index (κ2) is 7.09. The Bertz CT molecular complexity index is 605. The smallest absolute Gasteiger partial charge is 0.241 e. The van der Waals surface area contributed by atoms with E-state index in [2.05, 4.69) is 10.6 Å². The zero-order valence-electron chi connectivity index (χ0n) is 12.4. The molecule has 3 rings (SSSR count). The van der Waals surface area contributed by atoms with Crippen LogP contribution in [-0.2, 0) is 11.4 Å². The fraction of sp³-hybridized carbons (Fsp3) is 0.278. The van der Waals surface area contributed by atoms with Crippen molar-refractivity contribution in [3.63, 3.8) is 0 Å². The van der Waals surface area contributed by atoms with Gasteiger partial charge in [-0.25, -0.2) is 0 Å². The summed E-state index contributed by atoms with van der Waals surface area (Å²) in [6.07, 6.45) is 1.97. The molecule has 0 aromatic heterocycles. The van der Waals surface area contributed by atoms with Crippen LogP contribution in [0.15, 0.2) is 54.6 Å². The Balaban J connectivity index is 1.52. The Labute approximate surface area is 130 Å². The van der Waals surface area contributed by atoms with Crippen molar-refractivity contribution in [2.24, 2.45) is 0 Å². The van der Waals surface area contributed by atoms with Gasteiger partial charge in [-0.1, -0.05) is 30.3 Å². The molecular weight excluding hydrogens is 276 g/mol. The van der Waals surface area contributed by atoms with E-state index in [1.807, 2.05) is 54.6 Å². The first kappa shape index (κ1) is 14.6. The van der Waals surface area contributed by atoms with E-state index in [4.69, 9.17) is 4.74 Å². The van der Waals surface area contributed by atoms with Crippen LogP contribution in [0.4, 0.5) is 5.69 Å². The van der Waals surface area contributed by atoms with Crippen molar-refractivity contribution in [1.29, 1.82) is 0 Å². The lowest BCUT2D eigenvalue weighted by Crippen LogP contribution is -2.35. The molecule has 114 valence electrons. The van der Waals surface area contributed by atoms with E-state index < -0.39 is 0 Å². The molecule has 0 aliphatic carbocycles. The SMILES string of the molecule is O=C(Nc1ccc(OCc2ccccc2)cc1)[C@@H]1CCCN1. The average Bonchev–Trinajstić information content (AvgIpc) is 3.10. The van der Waals surface area contributed by atoms with Gasteiger partial charge in [0.25, 0.3) is 0 Å². The summed E-state index contributed by atoms with van der Waals surface area (Å²) in [5.41, 5.74) is 1.93. The van der Waals surface area contributed by atoms with Gasteiger partial charge in [0.05, 0.1) is 6.04 Å². The summed E-state index contributed by atoms with van der Waals surface area (Å²) < 4.78 is 5.73. The van der Waals surface area contributed by atoms with Crippen LogP contribution >= 0.6 is 0 Å². The molecule has 2 N–H and O–H groups in total. The molecule has 1 fully saturated rings. The van der Waals surface area contributed by atoms with E-state index in [1.165, 1.54) is 0 Å². The van der Waals surface area contributed by atoms with E-state index in [1.54, 1.807) is 0 Å². The summed E-state index contributed by atoms with van der Waals surface area (Å²) in [7, 11) is 0. The van der Waals surface area contributed by atoms with Crippen LogP contribution < -0.4 is 15.4 Å². The van der Waals surface area contributed by atoms with Crippen molar-refractivity contribution in [3.8, 4) is 5.75 Å². The Morgan fingerprint density at radius 3 is 2.59 bits per heavy atom. The number of nitrogens with one attached hydrogen (secondary N) is 2. The molecule has 22 heavy (non-hydrogen) atoms. The van der Waals surface area contributed by atoms with E-state index in [9.17, 15) is 4.79 Å². The molecule has 2 aromatic rings. The van der Waals surface area contributed by atoms with E-state index >= 15 is 0 Å². The van der Waals surface area contributed by atoms with Crippen molar-refractivity contribution in [2.75, 3.05) is 11.9 Å². The van der Waals surface area contributed by atoms with E-state index in [0.29, 0.717) is 6.61 Å². The molecule has 4 heteroatoms. The maximum atomic E-state index is 12.0. The van der Waals surface area contributed by atoms with Gasteiger partial charge in [-0.05, 0) is 49.2 Å². The molecule has 0 radical (unpaired) electrons. The Hall–Kier alpha value is -2.33. The highest BCUT2D eigenvalue weighted by atomic mass is 16.5. The van der Waals surface area contributed by atoms with Crippen LogP contribution in [-0.4, -0.2) is 18.5 Å². The Morgan fingerprint density at radius 1 is 1.14 bits per heavy atom. The van der Waals surface area contributed by atoms with Gasteiger partial charge in [0.2, 0.25) is 5.91 Å². The third-order valence-corrected chi connectivity index (χ3v) is 3.75. The molecule has 1 amide bonds. The van der Waals surface area contributed by atoms with E-state index in [0.717, 1.165) is 36.4 Å². The largest absolute Gasteiger partial charge is 0.489 e. The summed E-state index contributed by atoms with van der Waals surface area (Å²) in [4.78, 5) is 12.0. The maximum absolute atomic E-state index is 12.0. The lowest BCUT2D eigenvalue weighted by molar-refractivity contribution is -0.117. The Kier molecular flexibility index (Phi) is 4.71. The number of amides is 1. The zero-order valence-corrected chi connectivity index (χ0v) is 12.4. The first-order valence-electron chi connectivity index (χ1n) is 7.62. The lowest BCUT2D eigenvalue weighted by Gasteiger charge is -2.12. The molecule has 4 nitrogen and oxygen atoms in total. The predicted molar refractivity (Wildman–Crippen MR) is 86.9 cm³/mol. The number of ether oxygens (including phenoxy) is 1. The molecule has 1 aliphatic heterocycles. The van der Waals surface area contributed by atoms with Crippen LogP contribution in [0.5, 0.6) is 5.75 Å². The second-order valence-electron chi connectivity index (χ2n) is 5.44. The monoisotopic (exact) mass is 296 g/mol. The molecular formula is C18H20N2O2.